The smallest absolute Gasteiger partial charge is 0.286 e. The molecule has 3 N–H and O–H groups in total. The molecule has 2 aromatic carbocycles. The summed E-state index contributed by atoms with van der Waals surface area (Å²) in [6.07, 6.45) is 7.08. The molecule has 10 nitrogen and oxygen atoms in total. The Morgan fingerprint density at radius 1 is 1.02 bits per heavy atom. The summed E-state index contributed by atoms with van der Waals surface area (Å²) >= 11 is 0. The zero-order valence-corrected chi connectivity index (χ0v) is 21.7. The van der Waals surface area contributed by atoms with E-state index in [0.29, 0.717) is 28.4 Å². The number of anilines is 1. The predicted octanol–water partition coefficient (Wildman–Crippen LogP) is 4.37. The van der Waals surface area contributed by atoms with Crippen LogP contribution < -0.4 is 20.9 Å². The van der Waals surface area contributed by atoms with Gasteiger partial charge in [0, 0.05) is 41.7 Å². The van der Waals surface area contributed by atoms with Gasteiger partial charge in [-0.15, -0.1) is 0 Å². The first-order valence-electron chi connectivity index (χ1n) is 13.1. The van der Waals surface area contributed by atoms with Crippen molar-refractivity contribution >= 4 is 22.6 Å². The van der Waals surface area contributed by atoms with Crippen molar-refractivity contribution in [3.05, 3.63) is 100 Å². The van der Waals surface area contributed by atoms with Crippen molar-refractivity contribution in [2.45, 2.75) is 19.3 Å². The quantitative estimate of drug-likeness (QED) is 0.271. The third-order valence-electron chi connectivity index (χ3n) is 7.01. The Labute approximate surface area is 232 Å². The first-order chi connectivity index (χ1) is 20.0. The van der Waals surface area contributed by atoms with Crippen LogP contribution in [0.5, 0.6) is 11.5 Å². The topological polar surface area (TPSA) is 127 Å². The average molecular weight is 558 g/mol. The fourth-order valence-electron chi connectivity index (χ4n) is 4.93. The normalized spacial score (nSPS) is 13.8. The Kier molecular flexibility index (Phi) is 7.21. The molecule has 0 atom stereocenters. The Balaban J connectivity index is 1.20. The second-order valence-electron chi connectivity index (χ2n) is 9.74. The van der Waals surface area contributed by atoms with Crippen LogP contribution in [0.3, 0.4) is 0 Å². The van der Waals surface area contributed by atoms with E-state index >= 15 is 4.39 Å². The van der Waals surface area contributed by atoms with Crippen molar-refractivity contribution in [3.63, 3.8) is 0 Å². The number of ether oxygens (including phenoxy) is 1. The van der Waals surface area contributed by atoms with Crippen molar-refractivity contribution < 1.29 is 18.3 Å². The van der Waals surface area contributed by atoms with Crippen molar-refractivity contribution in [3.8, 4) is 17.2 Å². The van der Waals surface area contributed by atoms with Crippen LogP contribution in [0.15, 0.2) is 71.9 Å². The highest BCUT2D eigenvalue weighted by Crippen LogP contribution is 2.34. The van der Waals surface area contributed by atoms with Crippen LogP contribution in [0.25, 0.3) is 16.7 Å². The maximum atomic E-state index is 15.2. The van der Waals surface area contributed by atoms with Crippen LogP contribution in [0.4, 0.5) is 14.5 Å². The van der Waals surface area contributed by atoms with Gasteiger partial charge in [-0.05, 0) is 80.7 Å². The van der Waals surface area contributed by atoms with Gasteiger partial charge >= 0.3 is 0 Å². The van der Waals surface area contributed by atoms with Gasteiger partial charge in [0.2, 0.25) is 0 Å². The van der Waals surface area contributed by atoms with Gasteiger partial charge < -0.3 is 15.4 Å². The molecule has 1 aliphatic rings. The summed E-state index contributed by atoms with van der Waals surface area (Å²) in [5.41, 5.74) is 0.727. The average Bonchev–Trinajstić information content (AvgIpc) is 3.39. The van der Waals surface area contributed by atoms with Crippen LogP contribution >= 0.6 is 0 Å². The van der Waals surface area contributed by atoms with Crippen LogP contribution in [0, 0.1) is 17.6 Å². The molecule has 6 rings (SSSR count). The summed E-state index contributed by atoms with van der Waals surface area (Å²) in [6.45, 7) is 1.94. The second kappa shape index (κ2) is 11.3. The van der Waals surface area contributed by atoms with Crippen LogP contribution in [0.2, 0.25) is 0 Å². The highest BCUT2D eigenvalue weighted by Gasteiger charge is 2.21. The Hall–Kier alpha value is -4.97. The summed E-state index contributed by atoms with van der Waals surface area (Å²) in [6, 6.07) is 10.8. The van der Waals surface area contributed by atoms with E-state index in [1.165, 1.54) is 53.4 Å². The highest BCUT2D eigenvalue weighted by atomic mass is 19.1. The molecule has 12 heteroatoms. The monoisotopic (exact) mass is 557 g/mol. The van der Waals surface area contributed by atoms with Crippen LogP contribution in [-0.2, 0) is 6.42 Å². The summed E-state index contributed by atoms with van der Waals surface area (Å²) in [5.74, 6) is -1.15. The lowest BCUT2D eigenvalue weighted by Crippen LogP contribution is -2.29. The number of hydrogen-bond donors (Lipinski definition) is 3. The zero-order chi connectivity index (χ0) is 28.3. The van der Waals surface area contributed by atoms with E-state index in [0.717, 1.165) is 44.1 Å². The van der Waals surface area contributed by atoms with Gasteiger partial charge in [-0.25, -0.2) is 18.7 Å². The largest absolute Gasteiger partial charge is 0.453 e. The Morgan fingerprint density at radius 3 is 2.61 bits per heavy atom. The number of fused-ring (bicyclic) bond motifs is 1. The van der Waals surface area contributed by atoms with Crippen molar-refractivity contribution in [2.75, 3.05) is 18.4 Å². The Bertz CT molecular complexity index is 1780. The number of carbonyl (C=O) groups is 1. The van der Waals surface area contributed by atoms with Crippen LogP contribution in [0.1, 0.15) is 29.0 Å². The molecule has 0 bridgehead atoms. The molecule has 0 aliphatic carbocycles. The molecule has 0 spiro atoms. The molecule has 41 heavy (non-hydrogen) atoms. The summed E-state index contributed by atoms with van der Waals surface area (Å²) < 4.78 is 35.6. The van der Waals surface area contributed by atoms with Gasteiger partial charge in [-0.1, -0.05) is 0 Å². The van der Waals surface area contributed by atoms with Crippen LogP contribution in [-0.4, -0.2) is 43.7 Å². The fourth-order valence-corrected chi connectivity index (χ4v) is 4.93. The lowest BCUT2D eigenvalue weighted by Gasteiger charge is -2.22. The lowest BCUT2D eigenvalue weighted by atomic mass is 9.92. The van der Waals surface area contributed by atoms with Crippen molar-refractivity contribution in [1.82, 2.24) is 30.0 Å². The van der Waals surface area contributed by atoms with Gasteiger partial charge in [-0.2, -0.15) is 5.10 Å². The van der Waals surface area contributed by atoms with E-state index in [4.69, 9.17) is 4.74 Å². The number of aromatic amines is 1. The Morgan fingerprint density at radius 2 is 1.83 bits per heavy atom. The number of amides is 1. The predicted molar refractivity (Wildman–Crippen MR) is 147 cm³/mol. The van der Waals surface area contributed by atoms with Gasteiger partial charge in [0.05, 0.1) is 5.39 Å². The summed E-state index contributed by atoms with van der Waals surface area (Å²) in [4.78, 5) is 33.9. The number of nitrogens with zero attached hydrogens (tertiary/aromatic N) is 4. The van der Waals surface area contributed by atoms with Gasteiger partial charge in [0.1, 0.15) is 11.6 Å². The third kappa shape index (κ3) is 5.54. The zero-order valence-electron chi connectivity index (χ0n) is 21.7. The first-order valence-corrected chi connectivity index (χ1v) is 13.1. The fraction of sp³-hybridized carbons (Fsp3) is 0.207. The van der Waals surface area contributed by atoms with Gasteiger partial charge in [0.15, 0.2) is 22.9 Å². The minimum Gasteiger partial charge on any atom is -0.453 e. The number of rotatable bonds is 7. The second-order valence-corrected chi connectivity index (χ2v) is 9.74. The number of benzene rings is 2. The van der Waals surface area contributed by atoms with E-state index < -0.39 is 28.8 Å². The molecule has 1 amide bonds. The number of pyridine rings is 1. The number of aromatic nitrogens is 5. The van der Waals surface area contributed by atoms with E-state index in [9.17, 15) is 14.0 Å². The standard InChI is InChI=1S/C29H25F2N7O3/c30-18-1-4-20(5-2-18)38-14-13-33-26(29(38)40)28(39)35-19-3-6-23(21(31)16-19)41-24-9-12-34-27-25(24)22(36-37-27)15-17-7-10-32-11-8-17/h1-6,9,12-14,16-17,32H,7-8,10-11,15H2,(H,35,39)(H,34,36,37). The molecule has 1 saturated heterocycles. The molecule has 208 valence electrons. The minimum absolute atomic E-state index is 0.0546. The molecular weight excluding hydrogens is 532 g/mol. The summed E-state index contributed by atoms with van der Waals surface area (Å²) in [7, 11) is 0. The van der Waals surface area contributed by atoms with E-state index in [-0.39, 0.29) is 11.4 Å². The number of nitrogens with one attached hydrogen (secondary N) is 3. The van der Waals surface area contributed by atoms with E-state index in [2.05, 4.69) is 30.8 Å². The maximum Gasteiger partial charge on any atom is 0.286 e. The van der Waals surface area contributed by atoms with Crippen molar-refractivity contribution in [1.29, 1.82) is 0 Å². The van der Waals surface area contributed by atoms with Gasteiger partial charge in [0.25, 0.3) is 11.5 Å². The lowest BCUT2D eigenvalue weighted by molar-refractivity contribution is 0.102. The number of carbonyl (C=O) groups excluding carboxylic acids is 1. The van der Waals surface area contributed by atoms with Gasteiger partial charge in [-0.3, -0.25) is 19.3 Å². The molecule has 1 fully saturated rings. The number of H-pyrrole nitrogens is 1. The molecule has 1 aliphatic heterocycles. The summed E-state index contributed by atoms with van der Waals surface area (Å²) in [5, 5.41) is 13.9. The molecule has 0 radical (unpaired) electrons. The molecule has 3 aromatic heterocycles. The van der Waals surface area contributed by atoms with E-state index in [1.807, 2.05) is 0 Å². The maximum absolute atomic E-state index is 15.2. The SMILES string of the molecule is O=C(Nc1ccc(Oc2ccnc3n[nH]c(CC4CCNCC4)c23)c(F)c1)c1nccn(-c2ccc(F)cc2)c1=O. The minimum atomic E-state index is -0.823. The molecule has 0 unspecified atom stereocenters. The third-order valence-corrected chi connectivity index (χ3v) is 7.01. The number of halogens is 2. The van der Waals surface area contributed by atoms with Crippen molar-refractivity contribution in [2.24, 2.45) is 5.92 Å². The molecule has 4 heterocycles. The molecule has 0 saturated carbocycles. The number of piperidine rings is 1. The molecular formula is C29H25F2N7O3. The highest BCUT2D eigenvalue weighted by molar-refractivity contribution is 6.02. The number of hydrogen-bond acceptors (Lipinski definition) is 7. The molecule has 5 aromatic rings. The van der Waals surface area contributed by atoms with E-state index in [1.54, 1.807) is 12.3 Å². The first kappa shape index (κ1) is 26.3.